The molecule has 1 aliphatic carbocycles. The van der Waals surface area contributed by atoms with E-state index in [1.54, 1.807) is 19.3 Å². The third-order valence-electron chi connectivity index (χ3n) is 6.31. The molecule has 22 heavy (non-hydrogen) atoms. The molecular weight excluding hydrogens is 264 g/mol. The highest BCUT2D eigenvalue weighted by Crippen LogP contribution is 2.38. The maximum Gasteiger partial charge on any atom is -0.0409 e. The van der Waals surface area contributed by atoms with Crippen molar-refractivity contribution in [2.45, 2.75) is 118 Å². The number of rotatable bonds is 12. The van der Waals surface area contributed by atoms with E-state index in [9.17, 15) is 0 Å². The van der Waals surface area contributed by atoms with Gasteiger partial charge in [-0.25, -0.2) is 0 Å². The minimum atomic E-state index is 1.02. The molecule has 0 heteroatoms. The van der Waals surface area contributed by atoms with Gasteiger partial charge in [-0.3, -0.25) is 0 Å². The predicted molar refractivity (Wildman–Crippen MR) is 101 cm³/mol. The first-order valence-electron chi connectivity index (χ1n) is 10.7. The summed E-state index contributed by atoms with van der Waals surface area (Å²) in [6.07, 6.45) is 20.7. The molecule has 1 saturated carbocycles. The molecule has 0 aromatic carbocycles. The molecule has 0 N–H and O–H groups in total. The molecule has 0 radical (unpaired) electrons. The summed E-state index contributed by atoms with van der Waals surface area (Å²) in [4.78, 5) is 0. The molecule has 0 aromatic heterocycles. The zero-order valence-electron chi connectivity index (χ0n) is 16.2. The molecule has 1 fully saturated rings. The zero-order chi connectivity index (χ0) is 16.2. The summed E-state index contributed by atoms with van der Waals surface area (Å²) in [6, 6.07) is 0. The standard InChI is InChI=1S/C22H44/c1-5-9-12-19(7-3)16-21-14-11-15-22(18-21)17-20(8-4)13-10-6-2/h19-22H,5-18H2,1-4H3/t19-,20-,21-,22-/m0/s1. The molecule has 0 amide bonds. The van der Waals surface area contributed by atoms with Crippen molar-refractivity contribution in [3.63, 3.8) is 0 Å². The van der Waals surface area contributed by atoms with Crippen LogP contribution in [0.4, 0.5) is 0 Å². The third-order valence-corrected chi connectivity index (χ3v) is 6.31. The van der Waals surface area contributed by atoms with Crippen LogP contribution in [0, 0.1) is 23.7 Å². The van der Waals surface area contributed by atoms with Crippen molar-refractivity contribution < 1.29 is 0 Å². The van der Waals surface area contributed by atoms with Gasteiger partial charge in [-0.05, 0) is 42.9 Å². The number of unbranched alkanes of at least 4 members (excludes halogenated alkanes) is 2. The fraction of sp³-hybridized carbons (Fsp3) is 1.00. The second kappa shape index (κ2) is 12.4. The molecule has 0 heterocycles. The summed E-state index contributed by atoms with van der Waals surface area (Å²) in [5, 5.41) is 0. The predicted octanol–water partition coefficient (Wildman–Crippen LogP) is 8.01. The van der Waals surface area contributed by atoms with E-state index in [2.05, 4.69) is 27.7 Å². The van der Waals surface area contributed by atoms with Gasteiger partial charge in [0.25, 0.3) is 0 Å². The molecule has 4 atom stereocenters. The fourth-order valence-corrected chi connectivity index (χ4v) is 4.74. The van der Waals surface area contributed by atoms with Gasteiger partial charge in [-0.1, -0.05) is 98.3 Å². The molecule has 1 rings (SSSR count). The van der Waals surface area contributed by atoms with Crippen LogP contribution in [-0.4, -0.2) is 0 Å². The Morgan fingerprint density at radius 3 is 1.55 bits per heavy atom. The molecule has 0 bridgehead atoms. The van der Waals surface area contributed by atoms with Gasteiger partial charge in [-0.2, -0.15) is 0 Å². The Labute approximate surface area is 141 Å². The molecule has 0 nitrogen and oxygen atoms in total. The minimum absolute atomic E-state index is 1.02. The molecule has 132 valence electrons. The Kier molecular flexibility index (Phi) is 11.3. The average Bonchev–Trinajstić information content (AvgIpc) is 2.55. The SMILES string of the molecule is CCCC[C@H](CC)C[C@@H]1CCC[C@@H](C[C@@H](CC)CCCC)C1. The van der Waals surface area contributed by atoms with Gasteiger partial charge in [0, 0.05) is 0 Å². The van der Waals surface area contributed by atoms with Gasteiger partial charge in [0.15, 0.2) is 0 Å². The summed E-state index contributed by atoms with van der Waals surface area (Å²) in [5.74, 6) is 4.16. The van der Waals surface area contributed by atoms with Crippen molar-refractivity contribution in [1.82, 2.24) is 0 Å². The molecule has 0 saturated heterocycles. The first-order chi connectivity index (χ1) is 10.7. The first kappa shape index (κ1) is 20.0. The van der Waals surface area contributed by atoms with Gasteiger partial charge in [0.1, 0.15) is 0 Å². The Morgan fingerprint density at radius 1 is 0.727 bits per heavy atom. The highest BCUT2D eigenvalue weighted by molar-refractivity contribution is 4.77. The number of hydrogen-bond donors (Lipinski definition) is 0. The van der Waals surface area contributed by atoms with E-state index in [-0.39, 0.29) is 0 Å². The van der Waals surface area contributed by atoms with Gasteiger partial charge in [0.05, 0.1) is 0 Å². The largest absolute Gasteiger partial charge is 0.0654 e. The lowest BCUT2D eigenvalue weighted by Crippen LogP contribution is -2.20. The second-order valence-electron chi connectivity index (χ2n) is 8.20. The Balaban J connectivity index is 2.36. The zero-order valence-corrected chi connectivity index (χ0v) is 16.2. The van der Waals surface area contributed by atoms with E-state index in [1.165, 1.54) is 70.6 Å². The summed E-state index contributed by atoms with van der Waals surface area (Å²) in [7, 11) is 0. The Hall–Kier alpha value is 0. The average molecular weight is 309 g/mol. The van der Waals surface area contributed by atoms with Crippen LogP contribution in [0.3, 0.4) is 0 Å². The van der Waals surface area contributed by atoms with Crippen LogP contribution in [0.25, 0.3) is 0 Å². The van der Waals surface area contributed by atoms with Crippen LogP contribution in [0.2, 0.25) is 0 Å². The van der Waals surface area contributed by atoms with Crippen LogP contribution in [0.1, 0.15) is 118 Å². The van der Waals surface area contributed by atoms with Crippen LogP contribution >= 0.6 is 0 Å². The smallest absolute Gasteiger partial charge is 0.0409 e. The van der Waals surface area contributed by atoms with E-state index < -0.39 is 0 Å². The van der Waals surface area contributed by atoms with E-state index in [0.717, 1.165) is 23.7 Å². The van der Waals surface area contributed by atoms with Crippen molar-refractivity contribution in [2.75, 3.05) is 0 Å². The molecule has 0 unspecified atom stereocenters. The van der Waals surface area contributed by atoms with Crippen LogP contribution < -0.4 is 0 Å². The maximum absolute atomic E-state index is 2.42. The summed E-state index contributed by atoms with van der Waals surface area (Å²) >= 11 is 0. The van der Waals surface area contributed by atoms with Crippen molar-refractivity contribution in [1.29, 1.82) is 0 Å². The third kappa shape index (κ3) is 8.02. The van der Waals surface area contributed by atoms with Gasteiger partial charge in [-0.15, -0.1) is 0 Å². The van der Waals surface area contributed by atoms with E-state index in [4.69, 9.17) is 0 Å². The van der Waals surface area contributed by atoms with Crippen molar-refractivity contribution in [2.24, 2.45) is 23.7 Å². The van der Waals surface area contributed by atoms with Gasteiger partial charge < -0.3 is 0 Å². The summed E-state index contributed by atoms with van der Waals surface area (Å²) in [5.41, 5.74) is 0. The summed E-state index contributed by atoms with van der Waals surface area (Å²) in [6.45, 7) is 9.51. The molecular formula is C22H44. The molecule has 0 aliphatic heterocycles. The van der Waals surface area contributed by atoms with Gasteiger partial charge in [0.2, 0.25) is 0 Å². The van der Waals surface area contributed by atoms with E-state index >= 15 is 0 Å². The van der Waals surface area contributed by atoms with Crippen LogP contribution in [-0.2, 0) is 0 Å². The van der Waals surface area contributed by atoms with Crippen LogP contribution in [0.5, 0.6) is 0 Å². The monoisotopic (exact) mass is 308 g/mol. The lowest BCUT2D eigenvalue weighted by molar-refractivity contribution is 0.189. The summed E-state index contributed by atoms with van der Waals surface area (Å²) < 4.78 is 0. The lowest BCUT2D eigenvalue weighted by Gasteiger charge is -2.33. The lowest BCUT2D eigenvalue weighted by atomic mass is 9.73. The quantitative estimate of drug-likeness (QED) is 0.342. The van der Waals surface area contributed by atoms with Crippen molar-refractivity contribution >= 4 is 0 Å². The second-order valence-corrected chi connectivity index (χ2v) is 8.20. The fourth-order valence-electron chi connectivity index (χ4n) is 4.74. The molecule has 0 aromatic rings. The van der Waals surface area contributed by atoms with Crippen LogP contribution in [0.15, 0.2) is 0 Å². The van der Waals surface area contributed by atoms with Crippen molar-refractivity contribution in [3.8, 4) is 0 Å². The highest BCUT2D eigenvalue weighted by atomic mass is 14.3. The maximum atomic E-state index is 2.42. The topological polar surface area (TPSA) is 0 Å². The highest BCUT2D eigenvalue weighted by Gasteiger charge is 2.25. The van der Waals surface area contributed by atoms with E-state index in [1.807, 2.05) is 0 Å². The first-order valence-corrected chi connectivity index (χ1v) is 10.7. The van der Waals surface area contributed by atoms with Crippen molar-refractivity contribution in [3.05, 3.63) is 0 Å². The Bertz CT molecular complexity index is 220. The molecule has 0 spiro atoms. The molecule has 1 aliphatic rings. The normalized spacial score (nSPS) is 25.1. The minimum Gasteiger partial charge on any atom is -0.0654 e. The van der Waals surface area contributed by atoms with Gasteiger partial charge >= 0.3 is 0 Å². The van der Waals surface area contributed by atoms with E-state index in [0.29, 0.717) is 0 Å². The Morgan fingerprint density at radius 2 is 1.18 bits per heavy atom. The number of hydrogen-bond acceptors (Lipinski definition) is 0.